The number of hydrogen-bond donors (Lipinski definition) is 6. The SMILES string of the molecule is CCCCCC/C=C/CCCCCCCC(=O)N[C@@H](CO[C@H]1O[C@@H](CO)[C@H](O)C(O)C1O)[C@H](O)/C=C/CCCCCCCCCCCCC. The van der Waals surface area contributed by atoms with E-state index >= 15 is 0 Å². The lowest BCUT2D eigenvalue weighted by molar-refractivity contribution is -0.302. The van der Waals surface area contributed by atoms with Gasteiger partial charge in [-0.3, -0.25) is 4.79 Å². The first-order valence-electron chi connectivity index (χ1n) is 20.1. The van der Waals surface area contributed by atoms with E-state index in [1.54, 1.807) is 6.08 Å². The topological polar surface area (TPSA) is 149 Å². The molecular weight excluding hydrogens is 622 g/mol. The lowest BCUT2D eigenvalue weighted by Crippen LogP contribution is -2.60. The molecule has 288 valence electrons. The average molecular weight is 698 g/mol. The third kappa shape index (κ3) is 23.0. The van der Waals surface area contributed by atoms with E-state index < -0.39 is 49.5 Å². The van der Waals surface area contributed by atoms with Crippen LogP contribution in [0.25, 0.3) is 0 Å². The van der Waals surface area contributed by atoms with Gasteiger partial charge in [-0.1, -0.05) is 141 Å². The van der Waals surface area contributed by atoms with Crippen LogP contribution in [0.2, 0.25) is 0 Å². The molecule has 49 heavy (non-hydrogen) atoms. The molecule has 2 unspecified atom stereocenters. The van der Waals surface area contributed by atoms with E-state index in [2.05, 4.69) is 31.3 Å². The van der Waals surface area contributed by atoms with E-state index in [4.69, 9.17) is 9.47 Å². The van der Waals surface area contributed by atoms with Crippen LogP contribution in [-0.4, -0.2) is 87.5 Å². The van der Waals surface area contributed by atoms with Crippen LogP contribution in [0.5, 0.6) is 0 Å². The minimum atomic E-state index is -1.56. The Morgan fingerprint density at radius 2 is 1.14 bits per heavy atom. The molecule has 0 aromatic rings. The van der Waals surface area contributed by atoms with Crippen LogP contribution in [0.4, 0.5) is 0 Å². The molecule has 1 amide bonds. The number of hydrogen-bond acceptors (Lipinski definition) is 8. The third-order valence-electron chi connectivity index (χ3n) is 9.52. The summed E-state index contributed by atoms with van der Waals surface area (Å²) in [7, 11) is 0. The molecule has 9 heteroatoms. The number of nitrogens with one attached hydrogen (secondary N) is 1. The molecule has 1 heterocycles. The molecule has 9 nitrogen and oxygen atoms in total. The van der Waals surface area contributed by atoms with Crippen molar-refractivity contribution in [2.75, 3.05) is 13.2 Å². The van der Waals surface area contributed by atoms with Crippen molar-refractivity contribution in [3.8, 4) is 0 Å². The quantitative estimate of drug-likeness (QED) is 0.0320. The number of rotatable bonds is 32. The number of aliphatic hydroxyl groups excluding tert-OH is 5. The fourth-order valence-electron chi connectivity index (χ4n) is 6.21. The maximum atomic E-state index is 12.9. The van der Waals surface area contributed by atoms with Crippen molar-refractivity contribution in [2.24, 2.45) is 0 Å². The summed E-state index contributed by atoms with van der Waals surface area (Å²) >= 11 is 0. The highest BCUT2D eigenvalue weighted by molar-refractivity contribution is 5.76. The summed E-state index contributed by atoms with van der Waals surface area (Å²) in [6, 6.07) is -0.804. The van der Waals surface area contributed by atoms with Gasteiger partial charge in [0.2, 0.25) is 5.91 Å². The Labute approximate surface area is 298 Å². The molecule has 6 N–H and O–H groups in total. The molecule has 1 aliphatic heterocycles. The van der Waals surface area contributed by atoms with Crippen LogP contribution < -0.4 is 5.32 Å². The molecule has 0 bridgehead atoms. The van der Waals surface area contributed by atoms with Crippen molar-refractivity contribution in [1.29, 1.82) is 0 Å². The number of carbonyl (C=O) groups excluding carboxylic acids is 1. The first kappa shape index (κ1) is 45.7. The van der Waals surface area contributed by atoms with Crippen LogP contribution in [0, 0.1) is 0 Å². The largest absolute Gasteiger partial charge is 0.394 e. The molecule has 0 aliphatic carbocycles. The number of unbranched alkanes of at least 4 members (excludes halogenated alkanes) is 20. The summed E-state index contributed by atoms with van der Waals surface area (Å²) in [5.74, 6) is -0.189. The maximum Gasteiger partial charge on any atom is 0.220 e. The summed E-state index contributed by atoms with van der Waals surface area (Å²) in [4.78, 5) is 12.9. The van der Waals surface area contributed by atoms with Gasteiger partial charge in [-0.25, -0.2) is 0 Å². The van der Waals surface area contributed by atoms with Crippen molar-refractivity contribution in [3.05, 3.63) is 24.3 Å². The van der Waals surface area contributed by atoms with E-state index in [0.29, 0.717) is 6.42 Å². The van der Waals surface area contributed by atoms with Gasteiger partial charge in [0.05, 0.1) is 25.4 Å². The number of carbonyl (C=O) groups is 1. The molecule has 7 atom stereocenters. The van der Waals surface area contributed by atoms with Crippen LogP contribution in [0.15, 0.2) is 24.3 Å². The first-order valence-corrected chi connectivity index (χ1v) is 20.1. The molecule has 0 aromatic heterocycles. The van der Waals surface area contributed by atoms with Gasteiger partial charge in [-0.2, -0.15) is 0 Å². The van der Waals surface area contributed by atoms with Gasteiger partial charge >= 0.3 is 0 Å². The smallest absolute Gasteiger partial charge is 0.220 e. The molecule has 1 saturated heterocycles. The minimum Gasteiger partial charge on any atom is -0.394 e. The van der Waals surface area contributed by atoms with Crippen molar-refractivity contribution < 1.29 is 39.8 Å². The fraction of sp³-hybridized carbons (Fsp3) is 0.875. The molecule has 1 rings (SSSR count). The predicted molar refractivity (Wildman–Crippen MR) is 198 cm³/mol. The summed E-state index contributed by atoms with van der Waals surface area (Å²) in [5.41, 5.74) is 0. The monoisotopic (exact) mass is 698 g/mol. The van der Waals surface area contributed by atoms with Gasteiger partial charge in [0.1, 0.15) is 24.4 Å². The van der Waals surface area contributed by atoms with Gasteiger partial charge < -0.3 is 40.3 Å². The highest BCUT2D eigenvalue weighted by Gasteiger charge is 2.44. The van der Waals surface area contributed by atoms with Crippen LogP contribution in [0.3, 0.4) is 0 Å². The first-order chi connectivity index (χ1) is 23.8. The van der Waals surface area contributed by atoms with Gasteiger partial charge in [0, 0.05) is 6.42 Å². The van der Waals surface area contributed by atoms with E-state index in [-0.39, 0.29) is 12.5 Å². The lowest BCUT2D eigenvalue weighted by atomic mass is 9.99. The maximum absolute atomic E-state index is 12.9. The Morgan fingerprint density at radius 3 is 1.67 bits per heavy atom. The molecule has 0 radical (unpaired) electrons. The fourth-order valence-corrected chi connectivity index (χ4v) is 6.21. The Morgan fingerprint density at radius 1 is 0.673 bits per heavy atom. The van der Waals surface area contributed by atoms with E-state index in [0.717, 1.165) is 57.8 Å². The Kier molecular flexibility index (Phi) is 29.3. The summed E-state index contributed by atoms with van der Waals surface area (Å²) in [6.07, 6.45) is 27.8. The van der Waals surface area contributed by atoms with Crippen LogP contribution >= 0.6 is 0 Å². The Bertz CT molecular complexity index is 822. The molecule has 1 aliphatic rings. The summed E-state index contributed by atoms with van der Waals surface area (Å²) < 4.78 is 11.2. The highest BCUT2D eigenvalue weighted by Crippen LogP contribution is 2.22. The van der Waals surface area contributed by atoms with Gasteiger partial charge in [0.15, 0.2) is 6.29 Å². The van der Waals surface area contributed by atoms with E-state index in [1.807, 2.05) is 6.08 Å². The second-order valence-corrected chi connectivity index (χ2v) is 14.1. The summed E-state index contributed by atoms with van der Waals surface area (Å²) in [6.45, 7) is 3.72. The van der Waals surface area contributed by atoms with Crippen molar-refractivity contribution in [1.82, 2.24) is 5.32 Å². The van der Waals surface area contributed by atoms with Crippen molar-refractivity contribution in [2.45, 2.75) is 211 Å². The number of allylic oxidation sites excluding steroid dienone is 3. The standard InChI is InChI=1S/C40H75NO8/c1-3-5-7-9-11-13-15-17-19-21-23-25-27-29-34(43)33(32-48-40-39(47)38(46)37(45)35(31-42)49-40)41-36(44)30-28-26-24-22-20-18-16-14-12-10-8-6-4-2/h14,16,27,29,33-35,37-40,42-43,45-47H,3-13,15,17-26,28,30-32H2,1-2H3,(H,41,44)/b16-14+,29-27+/t33-,34+,35-,37-,38?,39?,40-/m0/s1. The van der Waals surface area contributed by atoms with Crippen molar-refractivity contribution >= 4 is 5.91 Å². The van der Waals surface area contributed by atoms with Gasteiger partial charge in [-0.05, 0) is 44.9 Å². The molecule has 1 fully saturated rings. The zero-order valence-corrected chi connectivity index (χ0v) is 31.2. The molecule has 0 aromatic carbocycles. The lowest BCUT2D eigenvalue weighted by Gasteiger charge is -2.40. The van der Waals surface area contributed by atoms with Crippen molar-refractivity contribution in [3.63, 3.8) is 0 Å². The van der Waals surface area contributed by atoms with Crippen LogP contribution in [0.1, 0.15) is 168 Å². The van der Waals surface area contributed by atoms with E-state index in [1.165, 1.54) is 89.9 Å². The zero-order chi connectivity index (χ0) is 36.0. The Hall–Kier alpha value is -1.33. The third-order valence-corrected chi connectivity index (χ3v) is 9.52. The van der Waals surface area contributed by atoms with Crippen LogP contribution in [-0.2, 0) is 14.3 Å². The second-order valence-electron chi connectivity index (χ2n) is 14.1. The highest BCUT2D eigenvalue weighted by atomic mass is 16.7. The normalized spacial score (nSPS) is 22.6. The van der Waals surface area contributed by atoms with Gasteiger partial charge in [0.25, 0.3) is 0 Å². The molecule has 0 spiro atoms. The number of aliphatic hydroxyl groups is 5. The minimum absolute atomic E-state index is 0.189. The summed E-state index contributed by atoms with van der Waals surface area (Å²) in [5, 5.41) is 53.9. The van der Waals surface area contributed by atoms with Gasteiger partial charge in [-0.15, -0.1) is 0 Å². The Balaban J connectivity index is 2.45. The van der Waals surface area contributed by atoms with E-state index in [9.17, 15) is 30.3 Å². The molecular formula is C40H75NO8. The second kappa shape index (κ2) is 31.4. The average Bonchev–Trinajstić information content (AvgIpc) is 3.10. The number of ether oxygens (including phenoxy) is 2. The molecule has 0 saturated carbocycles. The zero-order valence-electron chi connectivity index (χ0n) is 31.2. The predicted octanol–water partition coefficient (Wildman–Crippen LogP) is 7.16. The number of amides is 1.